The van der Waals surface area contributed by atoms with Gasteiger partial charge in [0.1, 0.15) is 11.9 Å². The molecule has 1 unspecified atom stereocenters. The molecule has 0 aliphatic heterocycles. The lowest BCUT2D eigenvalue weighted by molar-refractivity contribution is 0.597. The van der Waals surface area contributed by atoms with Crippen molar-refractivity contribution in [1.29, 1.82) is 0 Å². The van der Waals surface area contributed by atoms with E-state index in [1.807, 2.05) is 19.4 Å². The van der Waals surface area contributed by atoms with Gasteiger partial charge in [-0.1, -0.05) is 0 Å². The molecule has 1 N–H and O–H groups in total. The molecule has 0 aliphatic rings. The van der Waals surface area contributed by atoms with Crippen molar-refractivity contribution < 1.29 is 0 Å². The summed E-state index contributed by atoms with van der Waals surface area (Å²) in [6.07, 6.45) is 3.87. The summed E-state index contributed by atoms with van der Waals surface area (Å²) in [4.78, 5) is 5.71. The van der Waals surface area contributed by atoms with Crippen molar-refractivity contribution in [3.8, 4) is 0 Å². The molecule has 86 valence electrons. The number of aromatic nitrogens is 2. The van der Waals surface area contributed by atoms with Gasteiger partial charge in [0.2, 0.25) is 0 Å². The van der Waals surface area contributed by atoms with Gasteiger partial charge in [0.15, 0.2) is 0 Å². The summed E-state index contributed by atoms with van der Waals surface area (Å²) < 4.78 is 3.29. The standard InChI is InChI=1S/C11H14BrN3S/c1-3-15-5-4-14-11(15)10(13-2)9-6-8(12)7-16-9/h4-7,10,13H,3H2,1-2H3. The molecule has 0 radical (unpaired) electrons. The van der Waals surface area contributed by atoms with Gasteiger partial charge in [-0.05, 0) is 36.0 Å². The maximum Gasteiger partial charge on any atom is 0.131 e. The predicted molar refractivity (Wildman–Crippen MR) is 70.8 cm³/mol. The Hall–Kier alpha value is -0.650. The number of halogens is 1. The second-order valence-electron chi connectivity index (χ2n) is 3.46. The molecule has 2 rings (SSSR count). The molecule has 16 heavy (non-hydrogen) atoms. The van der Waals surface area contributed by atoms with E-state index in [1.165, 1.54) is 4.88 Å². The summed E-state index contributed by atoms with van der Waals surface area (Å²) >= 11 is 5.22. The number of hydrogen-bond donors (Lipinski definition) is 1. The first kappa shape index (κ1) is 11.8. The minimum atomic E-state index is 0.172. The molecule has 0 fully saturated rings. The van der Waals surface area contributed by atoms with Crippen molar-refractivity contribution in [3.63, 3.8) is 0 Å². The number of nitrogens with one attached hydrogen (secondary N) is 1. The van der Waals surface area contributed by atoms with Crippen LogP contribution in [-0.4, -0.2) is 16.6 Å². The summed E-state index contributed by atoms with van der Waals surface area (Å²) in [6, 6.07) is 2.31. The maximum absolute atomic E-state index is 4.44. The van der Waals surface area contributed by atoms with Gasteiger partial charge in [0, 0.05) is 33.7 Å². The Morgan fingerprint density at radius 3 is 3.00 bits per heavy atom. The SMILES string of the molecule is CCn1ccnc1C(NC)c1cc(Br)cs1. The zero-order valence-corrected chi connectivity index (χ0v) is 11.7. The third kappa shape index (κ3) is 2.21. The Morgan fingerprint density at radius 1 is 1.62 bits per heavy atom. The molecule has 0 aliphatic carbocycles. The van der Waals surface area contributed by atoms with Crippen molar-refractivity contribution >= 4 is 27.3 Å². The molecular formula is C11H14BrN3S. The first-order chi connectivity index (χ1) is 7.76. The number of aryl methyl sites for hydroxylation is 1. The molecule has 2 heterocycles. The van der Waals surface area contributed by atoms with Crippen molar-refractivity contribution in [3.05, 3.63) is 39.0 Å². The van der Waals surface area contributed by atoms with Crippen LogP contribution in [0.3, 0.4) is 0 Å². The minimum Gasteiger partial charge on any atom is -0.334 e. The molecule has 0 saturated heterocycles. The Bertz CT molecular complexity index is 463. The van der Waals surface area contributed by atoms with Gasteiger partial charge in [-0.15, -0.1) is 11.3 Å². The molecule has 0 amide bonds. The normalized spacial score (nSPS) is 12.9. The predicted octanol–water partition coefficient (Wildman–Crippen LogP) is 3.04. The fraction of sp³-hybridized carbons (Fsp3) is 0.364. The average Bonchev–Trinajstić information content (AvgIpc) is 2.89. The monoisotopic (exact) mass is 299 g/mol. The second kappa shape index (κ2) is 5.12. The highest BCUT2D eigenvalue weighted by Crippen LogP contribution is 2.29. The summed E-state index contributed by atoms with van der Waals surface area (Å²) in [5.41, 5.74) is 0. The summed E-state index contributed by atoms with van der Waals surface area (Å²) in [7, 11) is 1.97. The highest BCUT2D eigenvalue weighted by molar-refractivity contribution is 9.10. The third-order valence-corrected chi connectivity index (χ3v) is 4.27. The van der Waals surface area contributed by atoms with Crippen molar-refractivity contribution in [2.24, 2.45) is 0 Å². The van der Waals surface area contributed by atoms with Gasteiger partial charge in [-0.3, -0.25) is 0 Å². The van der Waals surface area contributed by atoms with Crippen LogP contribution in [0.15, 0.2) is 28.3 Å². The van der Waals surface area contributed by atoms with Crippen LogP contribution in [0.2, 0.25) is 0 Å². The Kier molecular flexibility index (Phi) is 3.78. The largest absolute Gasteiger partial charge is 0.334 e. The first-order valence-corrected chi connectivity index (χ1v) is 6.85. The van der Waals surface area contributed by atoms with Crippen LogP contribution in [-0.2, 0) is 6.54 Å². The molecule has 2 aromatic heterocycles. The van der Waals surface area contributed by atoms with Crippen molar-refractivity contribution in [2.45, 2.75) is 19.5 Å². The van der Waals surface area contributed by atoms with E-state index in [9.17, 15) is 0 Å². The van der Waals surface area contributed by atoms with Gasteiger partial charge in [0.25, 0.3) is 0 Å². The molecule has 3 nitrogen and oxygen atoms in total. The van der Waals surface area contributed by atoms with Crippen molar-refractivity contribution in [1.82, 2.24) is 14.9 Å². The maximum atomic E-state index is 4.44. The van der Waals surface area contributed by atoms with Crippen molar-refractivity contribution in [2.75, 3.05) is 7.05 Å². The third-order valence-electron chi connectivity index (χ3n) is 2.51. The number of thiophene rings is 1. The van der Waals surface area contributed by atoms with Crippen LogP contribution in [0.1, 0.15) is 23.7 Å². The van der Waals surface area contributed by atoms with Gasteiger partial charge in [0.05, 0.1) is 0 Å². The van der Waals surface area contributed by atoms with Gasteiger partial charge in [-0.2, -0.15) is 0 Å². The van der Waals surface area contributed by atoms with E-state index in [1.54, 1.807) is 11.3 Å². The van der Waals surface area contributed by atoms with E-state index < -0.39 is 0 Å². The average molecular weight is 300 g/mol. The number of nitrogens with zero attached hydrogens (tertiary/aromatic N) is 2. The quantitative estimate of drug-likeness (QED) is 0.940. The Labute approximate surface area is 108 Å². The van der Waals surface area contributed by atoms with E-state index in [-0.39, 0.29) is 6.04 Å². The van der Waals surface area contributed by atoms with E-state index in [0.717, 1.165) is 16.8 Å². The summed E-state index contributed by atoms with van der Waals surface area (Å²) in [6.45, 7) is 3.07. The second-order valence-corrected chi connectivity index (χ2v) is 5.32. The number of rotatable bonds is 4. The van der Waals surface area contributed by atoms with E-state index in [0.29, 0.717) is 0 Å². The minimum absolute atomic E-state index is 0.172. The van der Waals surface area contributed by atoms with Crippen LogP contribution in [0.4, 0.5) is 0 Å². The highest BCUT2D eigenvalue weighted by atomic mass is 79.9. The molecule has 5 heteroatoms. The molecular weight excluding hydrogens is 286 g/mol. The smallest absolute Gasteiger partial charge is 0.131 e. The topological polar surface area (TPSA) is 29.9 Å². The number of hydrogen-bond acceptors (Lipinski definition) is 3. The fourth-order valence-corrected chi connectivity index (χ4v) is 3.28. The molecule has 2 aromatic rings. The summed E-state index contributed by atoms with van der Waals surface area (Å²) in [5.74, 6) is 1.07. The van der Waals surface area contributed by atoms with Crippen LogP contribution in [0.25, 0.3) is 0 Å². The van der Waals surface area contributed by atoms with Gasteiger partial charge in [-0.25, -0.2) is 4.98 Å². The van der Waals surface area contributed by atoms with E-state index in [4.69, 9.17) is 0 Å². The molecule has 0 aromatic carbocycles. The van der Waals surface area contributed by atoms with E-state index in [2.05, 4.69) is 49.2 Å². The summed E-state index contributed by atoms with van der Waals surface area (Å²) in [5, 5.41) is 5.41. The fourth-order valence-electron chi connectivity index (χ4n) is 1.73. The zero-order valence-electron chi connectivity index (χ0n) is 9.27. The van der Waals surface area contributed by atoms with Gasteiger partial charge < -0.3 is 9.88 Å². The highest BCUT2D eigenvalue weighted by Gasteiger charge is 2.18. The van der Waals surface area contributed by atoms with E-state index >= 15 is 0 Å². The Balaban J connectivity index is 2.36. The Morgan fingerprint density at radius 2 is 2.44 bits per heavy atom. The molecule has 0 bridgehead atoms. The molecule has 0 saturated carbocycles. The molecule has 0 spiro atoms. The van der Waals surface area contributed by atoms with Crippen LogP contribution in [0, 0.1) is 0 Å². The lowest BCUT2D eigenvalue weighted by Crippen LogP contribution is -2.20. The van der Waals surface area contributed by atoms with Crippen LogP contribution >= 0.6 is 27.3 Å². The lowest BCUT2D eigenvalue weighted by Gasteiger charge is -2.15. The molecule has 1 atom stereocenters. The van der Waals surface area contributed by atoms with Crippen LogP contribution in [0.5, 0.6) is 0 Å². The lowest BCUT2D eigenvalue weighted by atomic mass is 10.2. The van der Waals surface area contributed by atoms with Crippen LogP contribution < -0.4 is 5.32 Å². The number of imidazole rings is 1. The van der Waals surface area contributed by atoms with Gasteiger partial charge >= 0.3 is 0 Å². The zero-order chi connectivity index (χ0) is 11.5. The first-order valence-electron chi connectivity index (χ1n) is 5.18.